The van der Waals surface area contributed by atoms with Crippen LogP contribution >= 0.6 is 0 Å². The maximum absolute atomic E-state index is 13.5. The van der Waals surface area contributed by atoms with Crippen molar-refractivity contribution in [2.45, 2.75) is 45.4 Å². The van der Waals surface area contributed by atoms with E-state index in [0.29, 0.717) is 0 Å². The van der Waals surface area contributed by atoms with E-state index in [4.69, 9.17) is 0 Å². The molecule has 4 aromatic rings. The highest BCUT2D eigenvalue weighted by Gasteiger charge is 2.15. The van der Waals surface area contributed by atoms with E-state index in [0.717, 1.165) is 45.9 Å². The average molecular weight is 441 g/mol. The van der Waals surface area contributed by atoms with E-state index < -0.39 is 5.97 Å². The van der Waals surface area contributed by atoms with Gasteiger partial charge in [0.2, 0.25) is 0 Å². The van der Waals surface area contributed by atoms with Gasteiger partial charge in [-0.05, 0) is 75.7 Å². The first-order valence-corrected chi connectivity index (χ1v) is 11.7. The molecular weight excluding hydrogens is 411 g/mol. The standard InChI is InChI=1S/C30H29FO2/c1-2-3-4-5-6-9-21-12-13-23-19-24(30(32)33)20-29(28(23)18-21)27-11-8-7-10-26(27)22-14-16-25(31)17-15-22/h7-8,10-20H,2-6,9H2,1H3,(H,32,33). The molecule has 2 nitrogen and oxygen atoms in total. The Hall–Kier alpha value is -3.46. The monoisotopic (exact) mass is 440 g/mol. The molecule has 0 saturated carbocycles. The molecule has 0 heterocycles. The van der Waals surface area contributed by atoms with E-state index in [9.17, 15) is 14.3 Å². The number of fused-ring (bicyclic) bond motifs is 1. The predicted molar refractivity (Wildman–Crippen MR) is 134 cm³/mol. The Bertz CT molecular complexity index is 1260. The summed E-state index contributed by atoms with van der Waals surface area (Å²) in [6, 6.07) is 24.2. The number of carboxylic acid groups (broad SMARTS) is 1. The van der Waals surface area contributed by atoms with Crippen molar-refractivity contribution in [2.75, 3.05) is 0 Å². The largest absolute Gasteiger partial charge is 0.478 e. The summed E-state index contributed by atoms with van der Waals surface area (Å²) in [5.41, 5.74) is 5.20. The quantitative estimate of drug-likeness (QED) is 0.265. The first kappa shape index (κ1) is 22.7. The SMILES string of the molecule is CCCCCCCc1ccc2cc(C(=O)O)cc(-c3ccccc3-c3ccc(F)cc3)c2c1. The van der Waals surface area contributed by atoms with E-state index in [1.165, 1.54) is 43.4 Å². The van der Waals surface area contributed by atoms with Gasteiger partial charge in [0.05, 0.1) is 5.56 Å². The molecule has 3 heteroatoms. The molecule has 0 aliphatic carbocycles. The molecule has 4 aromatic carbocycles. The fraction of sp³-hybridized carbons (Fsp3) is 0.233. The average Bonchev–Trinajstić information content (AvgIpc) is 2.83. The molecule has 0 aromatic heterocycles. The zero-order valence-electron chi connectivity index (χ0n) is 19.0. The molecule has 4 rings (SSSR count). The third kappa shape index (κ3) is 5.31. The van der Waals surface area contributed by atoms with Crippen LogP contribution in [0.3, 0.4) is 0 Å². The Balaban J connectivity index is 1.81. The zero-order valence-corrected chi connectivity index (χ0v) is 19.0. The van der Waals surface area contributed by atoms with Gasteiger partial charge in [0.15, 0.2) is 0 Å². The minimum absolute atomic E-state index is 0.263. The Morgan fingerprint density at radius 3 is 2.24 bits per heavy atom. The van der Waals surface area contributed by atoms with Crippen LogP contribution in [-0.2, 0) is 6.42 Å². The molecule has 0 aliphatic heterocycles. The fourth-order valence-electron chi connectivity index (χ4n) is 4.44. The van der Waals surface area contributed by atoms with Gasteiger partial charge in [-0.2, -0.15) is 0 Å². The molecule has 0 fully saturated rings. The molecule has 0 atom stereocenters. The number of benzene rings is 4. The van der Waals surface area contributed by atoms with Crippen molar-refractivity contribution >= 4 is 16.7 Å². The summed E-state index contributed by atoms with van der Waals surface area (Å²) >= 11 is 0. The van der Waals surface area contributed by atoms with E-state index in [1.807, 2.05) is 30.3 Å². The van der Waals surface area contributed by atoms with Crippen molar-refractivity contribution < 1.29 is 14.3 Å². The fourth-order valence-corrected chi connectivity index (χ4v) is 4.44. The molecule has 0 amide bonds. The maximum atomic E-state index is 13.5. The summed E-state index contributed by atoms with van der Waals surface area (Å²) < 4.78 is 13.5. The van der Waals surface area contributed by atoms with Crippen molar-refractivity contribution in [1.29, 1.82) is 0 Å². The second kappa shape index (κ2) is 10.4. The van der Waals surface area contributed by atoms with Gasteiger partial charge in [-0.15, -0.1) is 0 Å². The van der Waals surface area contributed by atoms with Crippen molar-refractivity contribution in [3.05, 3.63) is 95.8 Å². The predicted octanol–water partition coefficient (Wildman–Crippen LogP) is 8.52. The molecule has 0 unspecified atom stereocenters. The molecular formula is C30H29FO2. The number of hydrogen-bond donors (Lipinski definition) is 1. The molecule has 0 bridgehead atoms. The topological polar surface area (TPSA) is 37.3 Å². The van der Waals surface area contributed by atoms with Crippen molar-refractivity contribution in [1.82, 2.24) is 0 Å². The van der Waals surface area contributed by atoms with Crippen LogP contribution in [0, 0.1) is 5.82 Å². The van der Waals surface area contributed by atoms with Crippen LogP contribution in [0.2, 0.25) is 0 Å². The number of unbranched alkanes of at least 4 members (excludes halogenated alkanes) is 4. The normalized spacial score (nSPS) is 11.1. The third-order valence-corrected chi connectivity index (χ3v) is 6.21. The third-order valence-electron chi connectivity index (χ3n) is 6.21. The number of hydrogen-bond acceptors (Lipinski definition) is 1. The minimum atomic E-state index is -0.947. The van der Waals surface area contributed by atoms with Gasteiger partial charge in [-0.25, -0.2) is 9.18 Å². The van der Waals surface area contributed by atoms with Crippen LogP contribution in [0.5, 0.6) is 0 Å². The summed E-state index contributed by atoms with van der Waals surface area (Å²) in [6.45, 7) is 2.22. The lowest BCUT2D eigenvalue weighted by Crippen LogP contribution is -1.98. The summed E-state index contributed by atoms with van der Waals surface area (Å²) in [7, 11) is 0. The van der Waals surface area contributed by atoms with Gasteiger partial charge >= 0.3 is 5.97 Å². The highest BCUT2D eigenvalue weighted by molar-refractivity contribution is 6.05. The van der Waals surface area contributed by atoms with Crippen LogP contribution in [0.25, 0.3) is 33.0 Å². The second-order valence-corrected chi connectivity index (χ2v) is 8.60. The molecule has 33 heavy (non-hydrogen) atoms. The van der Waals surface area contributed by atoms with Crippen LogP contribution in [0.1, 0.15) is 54.9 Å². The summed E-state index contributed by atoms with van der Waals surface area (Å²) in [6.07, 6.45) is 7.17. The number of halogens is 1. The van der Waals surface area contributed by atoms with E-state index >= 15 is 0 Å². The Labute approximate surface area is 194 Å². The summed E-state index contributed by atoms with van der Waals surface area (Å²) in [5.74, 6) is -1.23. The number of aryl methyl sites for hydroxylation is 1. The van der Waals surface area contributed by atoms with Crippen molar-refractivity contribution in [3.8, 4) is 22.3 Å². The van der Waals surface area contributed by atoms with Gasteiger partial charge < -0.3 is 5.11 Å². The van der Waals surface area contributed by atoms with Gasteiger partial charge in [0.1, 0.15) is 5.82 Å². The second-order valence-electron chi connectivity index (χ2n) is 8.60. The van der Waals surface area contributed by atoms with E-state index in [-0.39, 0.29) is 11.4 Å². The molecule has 168 valence electrons. The highest BCUT2D eigenvalue weighted by atomic mass is 19.1. The van der Waals surface area contributed by atoms with Gasteiger partial charge in [0.25, 0.3) is 0 Å². The van der Waals surface area contributed by atoms with E-state index in [1.54, 1.807) is 24.3 Å². The number of aromatic carboxylic acids is 1. The van der Waals surface area contributed by atoms with Crippen LogP contribution in [-0.4, -0.2) is 11.1 Å². The van der Waals surface area contributed by atoms with Gasteiger partial charge in [-0.1, -0.05) is 87.2 Å². The maximum Gasteiger partial charge on any atom is 0.335 e. The minimum Gasteiger partial charge on any atom is -0.478 e. The Morgan fingerprint density at radius 2 is 1.52 bits per heavy atom. The zero-order chi connectivity index (χ0) is 23.2. The van der Waals surface area contributed by atoms with Crippen LogP contribution in [0.4, 0.5) is 4.39 Å². The summed E-state index contributed by atoms with van der Waals surface area (Å²) in [5, 5.41) is 11.7. The Kier molecular flexibility index (Phi) is 7.19. The van der Waals surface area contributed by atoms with Crippen LogP contribution < -0.4 is 0 Å². The first-order valence-electron chi connectivity index (χ1n) is 11.7. The molecule has 0 saturated heterocycles. The lowest BCUT2D eigenvalue weighted by Gasteiger charge is -2.15. The smallest absolute Gasteiger partial charge is 0.335 e. The number of carbonyl (C=O) groups is 1. The molecule has 0 radical (unpaired) electrons. The molecule has 1 N–H and O–H groups in total. The lowest BCUT2D eigenvalue weighted by molar-refractivity contribution is 0.0697. The summed E-state index contributed by atoms with van der Waals surface area (Å²) in [4.78, 5) is 11.9. The molecule has 0 aliphatic rings. The van der Waals surface area contributed by atoms with Crippen molar-refractivity contribution in [3.63, 3.8) is 0 Å². The number of rotatable bonds is 9. The van der Waals surface area contributed by atoms with Crippen LogP contribution in [0.15, 0.2) is 78.9 Å². The van der Waals surface area contributed by atoms with Gasteiger partial charge in [0, 0.05) is 0 Å². The lowest BCUT2D eigenvalue weighted by atomic mass is 9.89. The first-order chi connectivity index (χ1) is 16.1. The van der Waals surface area contributed by atoms with Crippen molar-refractivity contribution in [2.24, 2.45) is 0 Å². The van der Waals surface area contributed by atoms with E-state index in [2.05, 4.69) is 19.1 Å². The molecule has 0 spiro atoms. The Morgan fingerprint density at radius 1 is 0.788 bits per heavy atom. The van der Waals surface area contributed by atoms with Gasteiger partial charge in [-0.3, -0.25) is 0 Å². The number of carboxylic acids is 1. The highest BCUT2D eigenvalue weighted by Crippen LogP contribution is 2.37.